The zero-order valence-corrected chi connectivity index (χ0v) is 16.4. The maximum Gasteiger partial charge on any atom is 0.255 e. The zero-order valence-electron chi connectivity index (χ0n) is 15.6. The standard InChI is InChI=1S/C23H23NO3S/c25-23(19-5-2-7-21(13-19)27-16-22-8-3-11-28-22)24-20-6-1-4-18(12-20)15-26-14-17-9-10-17/h1-8,11-13,17H,9-10,14-16H2,(H,24,25). The molecule has 144 valence electrons. The van der Waals surface area contributed by atoms with Crippen LogP contribution < -0.4 is 10.1 Å². The zero-order chi connectivity index (χ0) is 19.2. The lowest BCUT2D eigenvalue weighted by molar-refractivity contribution is 0.102. The van der Waals surface area contributed by atoms with Crippen LogP contribution in [0.2, 0.25) is 0 Å². The third-order valence-electron chi connectivity index (χ3n) is 4.56. The minimum absolute atomic E-state index is 0.155. The van der Waals surface area contributed by atoms with Crippen molar-refractivity contribution in [2.24, 2.45) is 5.92 Å². The SMILES string of the molecule is O=C(Nc1cccc(COCC2CC2)c1)c1cccc(OCc2cccs2)c1. The molecule has 0 bridgehead atoms. The summed E-state index contributed by atoms with van der Waals surface area (Å²) in [4.78, 5) is 13.8. The number of carbonyl (C=O) groups is 1. The van der Waals surface area contributed by atoms with Gasteiger partial charge in [-0.1, -0.05) is 24.3 Å². The van der Waals surface area contributed by atoms with Gasteiger partial charge in [0.2, 0.25) is 0 Å². The van der Waals surface area contributed by atoms with Crippen molar-refractivity contribution in [2.75, 3.05) is 11.9 Å². The van der Waals surface area contributed by atoms with Crippen LogP contribution in [-0.2, 0) is 18.0 Å². The third-order valence-corrected chi connectivity index (χ3v) is 5.41. The van der Waals surface area contributed by atoms with Crippen LogP contribution in [0.1, 0.15) is 33.6 Å². The molecule has 4 nitrogen and oxygen atoms in total. The van der Waals surface area contributed by atoms with E-state index in [0.717, 1.165) is 28.7 Å². The molecule has 0 aliphatic heterocycles. The van der Waals surface area contributed by atoms with Gasteiger partial charge in [0.15, 0.2) is 0 Å². The summed E-state index contributed by atoms with van der Waals surface area (Å²) in [6.07, 6.45) is 2.57. The predicted molar refractivity (Wildman–Crippen MR) is 112 cm³/mol. The second-order valence-corrected chi connectivity index (χ2v) is 8.04. The van der Waals surface area contributed by atoms with Crippen molar-refractivity contribution in [1.29, 1.82) is 0 Å². The highest BCUT2D eigenvalue weighted by Crippen LogP contribution is 2.29. The molecule has 1 N–H and O–H groups in total. The summed E-state index contributed by atoms with van der Waals surface area (Å²) in [6.45, 7) is 1.91. The molecule has 4 rings (SSSR count). The molecule has 2 aromatic carbocycles. The topological polar surface area (TPSA) is 47.6 Å². The Kier molecular flexibility index (Phi) is 6.04. The maximum atomic E-state index is 12.6. The Balaban J connectivity index is 1.34. The number of benzene rings is 2. The molecule has 1 aromatic heterocycles. The van der Waals surface area contributed by atoms with E-state index in [1.807, 2.05) is 53.9 Å². The quantitative estimate of drug-likeness (QED) is 0.522. The first-order chi connectivity index (χ1) is 13.8. The number of hydrogen-bond donors (Lipinski definition) is 1. The Morgan fingerprint density at radius 3 is 2.75 bits per heavy atom. The smallest absolute Gasteiger partial charge is 0.255 e. The molecule has 1 heterocycles. The highest BCUT2D eigenvalue weighted by Gasteiger charge is 2.21. The monoisotopic (exact) mass is 393 g/mol. The number of amides is 1. The summed E-state index contributed by atoms with van der Waals surface area (Å²) >= 11 is 1.65. The third kappa shape index (κ3) is 5.44. The molecule has 0 spiro atoms. The first-order valence-electron chi connectivity index (χ1n) is 9.49. The summed E-state index contributed by atoms with van der Waals surface area (Å²) in [5.74, 6) is 1.28. The first-order valence-corrected chi connectivity index (χ1v) is 10.4. The van der Waals surface area contributed by atoms with Gasteiger partial charge in [-0.05, 0) is 66.1 Å². The number of nitrogens with one attached hydrogen (secondary N) is 1. The van der Waals surface area contributed by atoms with Crippen LogP contribution in [-0.4, -0.2) is 12.5 Å². The van der Waals surface area contributed by atoms with Crippen molar-refractivity contribution in [3.63, 3.8) is 0 Å². The molecule has 1 saturated carbocycles. The van der Waals surface area contributed by atoms with Crippen LogP contribution in [0, 0.1) is 5.92 Å². The molecule has 1 aliphatic carbocycles. The van der Waals surface area contributed by atoms with Crippen LogP contribution in [0.4, 0.5) is 5.69 Å². The summed E-state index contributed by atoms with van der Waals surface area (Å²) in [7, 11) is 0. The van der Waals surface area contributed by atoms with Crippen LogP contribution in [0.5, 0.6) is 5.75 Å². The van der Waals surface area contributed by atoms with Crippen LogP contribution in [0.3, 0.4) is 0 Å². The Labute approximate surface area is 169 Å². The van der Waals surface area contributed by atoms with Gasteiger partial charge in [0.05, 0.1) is 6.61 Å². The number of anilines is 1. The van der Waals surface area contributed by atoms with E-state index in [4.69, 9.17) is 9.47 Å². The van der Waals surface area contributed by atoms with Crippen molar-refractivity contribution in [1.82, 2.24) is 0 Å². The molecule has 1 fully saturated rings. The van der Waals surface area contributed by atoms with Gasteiger partial charge in [0.25, 0.3) is 5.91 Å². The van der Waals surface area contributed by atoms with E-state index in [-0.39, 0.29) is 5.91 Å². The minimum atomic E-state index is -0.155. The van der Waals surface area contributed by atoms with E-state index >= 15 is 0 Å². The second-order valence-electron chi connectivity index (χ2n) is 7.01. The fourth-order valence-corrected chi connectivity index (χ4v) is 3.46. The van der Waals surface area contributed by atoms with Gasteiger partial charge in [-0.25, -0.2) is 0 Å². The largest absolute Gasteiger partial charge is 0.488 e. The number of thiophene rings is 1. The van der Waals surface area contributed by atoms with Gasteiger partial charge >= 0.3 is 0 Å². The van der Waals surface area contributed by atoms with Crippen molar-refractivity contribution < 1.29 is 14.3 Å². The fourth-order valence-electron chi connectivity index (χ4n) is 2.85. The van der Waals surface area contributed by atoms with Crippen LogP contribution in [0.25, 0.3) is 0 Å². The van der Waals surface area contributed by atoms with Crippen molar-refractivity contribution >= 4 is 22.9 Å². The molecule has 5 heteroatoms. The Morgan fingerprint density at radius 1 is 1.04 bits per heavy atom. The van der Waals surface area contributed by atoms with Crippen molar-refractivity contribution in [3.8, 4) is 5.75 Å². The van der Waals surface area contributed by atoms with E-state index < -0.39 is 0 Å². The van der Waals surface area contributed by atoms with Gasteiger partial charge in [0, 0.05) is 22.7 Å². The van der Waals surface area contributed by atoms with Crippen LogP contribution >= 0.6 is 11.3 Å². The molecule has 1 amide bonds. The molecule has 0 saturated heterocycles. The van der Waals surface area contributed by atoms with Gasteiger partial charge in [-0.3, -0.25) is 4.79 Å². The normalized spacial score (nSPS) is 13.3. The van der Waals surface area contributed by atoms with Gasteiger partial charge in [-0.15, -0.1) is 11.3 Å². The van der Waals surface area contributed by atoms with Crippen molar-refractivity contribution in [2.45, 2.75) is 26.1 Å². The molecular weight excluding hydrogens is 370 g/mol. The maximum absolute atomic E-state index is 12.6. The Bertz CT molecular complexity index is 919. The Morgan fingerprint density at radius 2 is 1.93 bits per heavy atom. The van der Waals surface area contributed by atoms with Crippen molar-refractivity contribution in [3.05, 3.63) is 82.0 Å². The fraction of sp³-hybridized carbons (Fsp3) is 0.261. The first kappa shape index (κ1) is 18.7. The molecular formula is C23H23NO3S. The summed E-state index contributed by atoms with van der Waals surface area (Å²) in [5, 5.41) is 4.98. The van der Waals surface area contributed by atoms with E-state index in [9.17, 15) is 4.79 Å². The average molecular weight is 394 g/mol. The number of ether oxygens (including phenoxy) is 2. The molecule has 0 radical (unpaired) electrons. The summed E-state index contributed by atoms with van der Waals surface area (Å²) < 4.78 is 11.5. The van der Waals surface area contributed by atoms with Gasteiger partial charge < -0.3 is 14.8 Å². The lowest BCUT2D eigenvalue weighted by Crippen LogP contribution is -2.12. The molecule has 0 atom stereocenters. The predicted octanol–water partition coefficient (Wildman–Crippen LogP) is 5.51. The molecule has 0 unspecified atom stereocenters. The highest BCUT2D eigenvalue weighted by molar-refractivity contribution is 7.09. The highest BCUT2D eigenvalue weighted by atomic mass is 32.1. The Hall–Kier alpha value is -2.63. The number of rotatable bonds is 9. The average Bonchev–Trinajstić information content (AvgIpc) is 3.39. The van der Waals surface area contributed by atoms with E-state index in [2.05, 4.69) is 5.32 Å². The number of hydrogen-bond acceptors (Lipinski definition) is 4. The molecule has 28 heavy (non-hydrogen) atoms. The van der Waals surface area contributed by atoms with Crippen LogP contribution in [0.15, 0.2) is 66.0 Å². The lowest BCUT2D eigenvalue weighted by Gasteiger charge is -2.10. The molecule has 3 aromatic rings. The number of carbonyl (C=O) groups excluding carboxylic acids is 1. The summed E-state index contributed by atoms with van der Waals surface area (Å²) in [5.41, 5.74) is 2.40. The van der Waals surface area contributed by atoms with E-state index in [1.54, 1.807) is 23.5 Å². The minimum Gasteiger partial charge on any atom is -0.488 e. The summed E-state index contributed by atoms with van der Waals surface area (Å²) in [6, 6.07) is 19.1. The molecule has 1 aliphatic rings. The van der Waals surface area contributed by atoms with E-state index in [1.165, 1.54) is 12.8 Å². The second kappa shape index (κ2) is 9.04. The van der Waals surface area contributed by atoms with Gasteiger partial charge in [0.1, 0.15) is 12.4 Å². The van der Waals surface area contributed by atoms with Gasteiger partial charge in [-0.2, -0.15) is 0 Å². The lowest BCUT2D eigenvalue weighted by atomic mass is 10.1. The van der Waals surface area contributed by atoms with E-state index in [0.29, 0.717) is 24.5 Å².